The molecule has 0 fully saturated rings. The molecule has 0 bridgehead atoms. The van der Waals surface area contributed by atoms with Crippen LogP contribution in [0, 0.1) is 0 Å². The lowest BCUT2D eigenvalue weighted by Gasteiger charge is -2.10. The minimum absolute atomic E-state index is 0.00151. The van der Waals surface area contributed by atoms with Crippen molar-refractivity contribution in [1.29, 1.82) is 0 Å². The molecule has 0 saturated heterocycles. The van der Waals surface area contributed by atoms with Gasteiger partial charge in [-0.2, -0.15) is 0 Å². The molecule has 3 nitrogen and oxygen atoms in total. The van der Waals surface area contributed by atoms with E-state index in [-0.39, 0.29) is 16.8 Å². The molecule has 2 aromatic rings. The van der Waals surface area contributed by atoms with Crippen LogP contribution in [0.5, 0.6) is 5.75 Å². The van der Waals surface area contributed by atoms with Gasteiger partial charge in [0.1, 0.15) is 5.75 Å². The van der Waals surface area contributed by atoms with Gasteiger partial charge in [0.2, 0.25) is 0 Å². The smallest absolute Gasteiger partial charge is 0.143 e. The highest BCUT2D eigenvalue weighted by Crippen LogP contribution is 2.36. The Kier molecular flexibility index (Phi) is 4.00. The van der Waals surface area contributed by atoms with Crippen LogP contribution in [0.15, 0.2) is 42.5 Å². The molecule has 0 spiro atoms. The maximum absolute atomic E-state index is 10.1. The predicted molar refractivity (Wildman–Crippen MR) is 86.6 cm³/mol. The molecule has 1 aliphatic rings. The van der Waals surface area contributed by atoms with Gasteiger partial charge in [-0.1, -0.05) is 46.9 Å². The first-order chi connectivity index (χ1) is 10.0. The lowest BCUT2D eigenvalue weighted by Crippen LogP contribution is -2.26. The van der Waals surface area contributed by atoms with Crippen molar-refractivity contribution in [1.82, 2.24) is 10.9 Å². The van der Waals surface area contributed by atoms with Gasteiger partial charge in [0.15, 0.2) is 0 Å². The Hall–Kier alpha value is -1.39. The molecular weight excluding hydrogens is 331 g/mol. The van der Waals surface area contributed by atoms with E-state index < -0.39 is 0 Å². The summed E-state index contributed by atoms with van der Waals surface area (Å²) >= 11 is 17.8. The number of phenolic OH excluding ortho intramolecular Hbond substituents is 1. The van der Waals surface area contributed by atoms with Crippen molar-refractivity contribution in [2.75, 3.05) is 0 Å². The Labute approximate surface area is 137 Å². The van der Waals surface area contributed by atoms with Crippen LogP contribution in [-0.2, 0) is 0 Å². The minimum Gasteiger partial charge on any atom is -0.506 e. The first-order valence-electron chi connectivity index (χ1n) is 6.22. The van der Waals surface area contributed by atoms with Gasteiger partial charge < -0.3 is 10.5 Å². The van der Waals surface area contributed by atoms with Crippen LogP contribution in [0.4, 0.5) is 0 Å². The van der Waals surface area contributed by atoms with E-state index in [1.54, 1.807) is 6.07 Å². The predicted octanol–water partition coefficient (Wildman–Crippen LogP) is 4.54. The summed E-state index contributed by atoms with van der Waals surface area (Å²) in [6, 6.07) is 10.7. The minimum atomic E-state index is -0.0329. The fourth-order valence-electron chi connectivity index (χ4n) is 2.18. The van der Waals surface area contributed by atoms with Crippen molar-refractivity contribution in [3.63, 3.8) is 0 Å². The Bertz CT molecular complexity index is 714. The first kappa shape index (κ1) is 14.5. The van der Waals surface area contributed by atoms with Crippen molar-refractivity contribution >= 4 is 40.5 Å². The molecule has 3 rings (SSSR count). The fraction of sp³-hybridized carbons (Fsp3) is 0.0667. The average Bonchev–Trinajstić information content (AvgIpc) is 2.93. The zero-order valence-corrected chi connectivity index (χ0v) is 13.0. The molecule has 108 valence electrons. The van der Waals surface area contributed by atoms with Gasteiger partial charge >= 0.3 is 0 Å². The normalized spacial score (nSPS) is 17.5. The van der Waals surface area contributed by atoms with Gasteiger partial charge in [-0.25, -0.2) is 5.43 Å². The van der Waals surface area contributed by atoms with E-state index in [0.717, 1.165) is 11.3 Å². The van der Waals surface area contributed by atoms with E-state index in [1.807, 2.05) is 30.3 Å². The quantitative estimate of drug-likeness (QED) is 0.751. The van der Waals surface area contributed by atoms with E-state index >= 15 is 0 Å². The molecular formula is C15H11Cl3N2O. The van der Waals surface area contributed by atoms with Crippen molar-refractivity contribution in [2.24, 2.45) is 0 Å². The van der Waals surface area contributed by atoms with Gasteiger partial charge in [-0.15, -0.1) is 0 Å². The number of hydrogen-bond donors (Lipinski definition) is 3. The summed E-state index contributed by atoms with van der Waals surface area (Å²) in [7, 11) is 0. The summed E-state index contributed by atoms with van der Waals surface area (Å²) in [5.41, 5.74) is 8.48. The summed E-state index contributed by atoms with van der Waals surface area (Å²) in [6.45, 7) is 0. The van der Waals surface area contributed by atoms with Crippen LogP contribution in [0.1, 0.15) is 17.2 Å². The molecule has 1 atom stereocenters. The van der Waals surface area contributed by atoms with E-state index in [2.05, 4.69) is 10.9 Å². The molecule has 21 heavy (non-hydrogen) atoms. The highest BCUT2D eigenvalue weighted by atomic mass is 35.5. The van der Waals surface area contributed by atoms with Crippen molar-refractivity contribution < 1.29 is 5.11 Å². The zero-order chi connectivity index (χ0) is 15.0. The summed E-state index contributed by atoms with van der Waals surface area (Å²) in [6.07, 6.45) is 1.95. The van der Waals surface area contributed by atoms with Gasteiger partial charge in [0.25, 0.3) is 0 Å². The molecule has 0 radical (unpaired) electrons. The Morgan fingerprint density at radius 1 is 0.952 bits per heavy atom. The molecule has 0 aliphatic carbocycles. The van der Waals surface area contributed by atoms with E-state index in [4.69, 9.17) is 34.8 Å². The van der Waals surface area contributed by atoms with Crippen molar-refractivity contribution in [3.05, 3.63) is 68.7 Å². The maximum atomic E-state index is 10.1. The second-order valence-electron chi connectivity index (χ2n) is 4.66. The number of phenols is 1. The van der Waals surface area contributed by atoms with Gasteiger partial charge in [-0.05, 0) is 35.9 Å². The number of nitrogens with one attached hydrogen (secondary N) is 2. The number of hydrazine groups is 1. The molecule has 6 heteroatoms. The van der Waals surface area contributed by atoms with Crippen LogP contribution in [0.25, 0.3) is 5.70 Å². The van der Waals surface area contributed by atoms with Gasteiger partial charge in [0.05, 0.1) is 16.8 Å². The van der Waals surface area contributed by atoms with E-state index in [1.165, 1.54) is 6.07 Å². The first-order valence-corrected chi connectivity index (χ1v) is 7.35. The van der Waals surface area contributed by atoms with Crippen LogP contribution in [0.3, 0.4) is 0 Å². The number of hydrogen-bond acceptors (Lipinski definition) is 3. The monoisotopic (exact) mass is 340 g/mol. The lowest BCUT2D eigenvalue weighted by molar-refractivity contribution is 0.473. The maximum Gasteiger partial charge on any atom is 0.143 e. The molecule has 0 amide bonds. The molecule has 0 saturated carbocycles. The van der Waals surface area contributed by atoms with Crippen molar-refractivity contribution in [3.8, 4) is 5.75 Å². The topological polar surface area (TPSA) is 44.3 Å². The zero-order valence-electron chi connectivity index (χ0n) is 10.7. The third-order valence-electron chi connectivity index (χ3n) is 3.24. The second-order valence-corrected chi connectivity index (χ2v) is 5.94. The second kappa shape index (κ2) is 5.78. The van der Waals surface area contributed by atoms with E-state index in [9.17, 15) is 5.11 Å². The molecule has 3 N–H and O–H groups in total. The van der Waals surface area contributed by atoms with Crippen LogP contribution in [-0.4, -0.2) is 5.11 Å². The number of benzene rings is 2. The summed E-state index contributed by atoms with van der Waals surface area (Å²) in [5, 5.41) is 11.4. The summed E-state index contributed by atoms with van der Waals surface area (Å²) in [4.78, 5) is 0. The summed E-state index contributed by atoms with van der Waals surface area (Å²) in [5.74, 6) is -0.00151. The van der Waals surface area contributed by atoms with Crippen LogP contribution in [0.2, 0.25) is 15.1 Å². The number of aromatic hydroxyl groups is 1. The highest BCUT2D eigenvalue weighted by molar-refractivity contribution is 6.36. The number of rotatable bonds is 2. The Balaban J connectivity index is 1.95. The lowest BCUT2D eigenvalue weighted by atomic mass is 10.1. The number of halogens is 3. The summed E-state index contributed by atoms with van der Waals surface area (Å²) < 4.78 is 0. The molecule has 2 aromatic carbocycles. The van der Waals surface area contributed by atoms with Crippen LogP contribution < -0.4 is 10.9 Å². The molecule has 0 unspecified atom stereocenters. The SMILES string of the molecule is Oc1c(Cl)cc(Cl)cc1C1=C[C@@H](c2ccc(Cl)cc2)NN1. The molecule has 1 aliphatic heterocycles. The van der Waals surface area contributed by atoms with E-state index in [0.29, 0.717) is 15.6 Å². The Morgan fingerprint density at radius 2 is 1.67 bits per heavy atom. The van der Waals surface area contributed by atoms with Crippen molar-refractivity contribution in [2.45, 2.75) is 6.04 Å². The largest absolute Gasteiger partial charge is 0.506 e. The molecule has 0 aromatic heterocycles. The standard InChI is InChI=1S/C15H11Cl3N2O/c16-9-3-1-8(2-4-9)13-7-14(20-19-13)11-5-10(17)6-12(18)15(11)21/h1-7,13,19-21H/t13-/m0/s1. The fourth-order valence-corrected chi connectivity index (χ4v) is 2.80. The Morgan fingerprint density at radius 3 is 2.38 bits per heavy atom. The third-order valence-corrected chi connectivity index (χ3v) is 4.00. The molecule has 1 heterocycles. The average molecular weight is 342 g/mol. The van der Waals surface area contributed by atoms with Crippen LogP contribution >= 0.6 is 34.8 Å². The third kappa shape index (κ3) is 2.97. The van der Waals surface area contributed by atoms with Gasteiger partial charge in [-0.3, -0.25) is 0 Å². The van der Waals surface area contributed by atoms with Gasteiger partial charge in [0, 0.05) is 15.6 Å². The highest BCUT2D eigenvalue weighted by Gasteiger charge is 2.20.